The van der Waals surface area contributed by atoms with E-state index in [2.05, 4.69) is 32.0 Å². The first kappa shape index (κ1) is 18.5. The molecule has 3 heteroatoms. The third-order valence-electron chi connectivity index (χ3n) is 5.04. The largest absolute Gasteiger partial charge is 0.479 e. The molecule has 3 nitrogen and oxygen atoms in total. The first-order valence-corrected chi connectivity index (χ1v) is 8.90. The van der Waals surface area contributed by atoms with E-state index in [1.165, 1.54) is 24.5 Å². The van der Waals surface area contributed by atoms with Gasteiger partial charge in [-0.05, 0) is 41.5 Å². The van der Waals surface area contributed by atoms with E-state index < -0.39 is 17.5 Å². The van der Waals surface area contributed by atoms with E-state index in [1.807, 2.05) is 19.1 Å². The highest BCUT2D eigenvalue weighted by Gasteiger charge is 2.41. The second kappa shape index (κ2) is 7.80. The van der Waals surface area contributed by atoms with Crippen LogP contribution in [-0.2, 0) is 4.79 Å². The Morgan fingerprint density at radius 2 is 2.00 bits per heavy atom. The summed E-state index contributed by atoms with van der Waals surface area (Å²) in [5, 5.41) is 19.8. The van der Waals surface area contributed by atoms with E-state index in [9.17, 15) is 15.0 Å². The van der Waals surface area contributed by atoms with Gasteiger partial charge in [-0.3, -0.25) is 0 Å². The lowest BCUT2D eigenvalue weighted by Crippen LogP contribution is -2.44. The van der Waals surface area contributed by atoms with Crippen LogP contribution in [0.1, 0.15) is 63.5 Å². The van der Waals surface area contributed by atoms with Crippen LogP contribution in [0.4, 0.5) is 0 Å². The van der Waals surface area contributed by atoms with Crippen LogP contribution in [0.15, 0.2) is 42.5 Å². The molecule has 1 aromatic rings. The van der Waals surface area contributed by atoms with Crippen molar-refractivity contribution >= 4 is 11.5 Å². The van der Waals surface area contributed by atoms with Crippen LogP contribution in [0.3, 0.4) is 0 Å². The summed E-state index contributed by atoms with van der Waals surface area (Å²) in [5.74, 6) is -1.16. The lowest BCUT2D eigenvalue weighted by Gasteiger charge is -2.31. The number of aliphatic hydroxyl groups is 1. The van der Waals surface area contributed by atoms with E-state index in [0.29, 0.717) is 12.3 Å². The molecule has 0 heterocycles. The van der Waals surface area contributed by atoms with Gasteiger partial charge in [-0.15, -0.1) is 0 Å². The van der Waals surface area contributed by atoms with Gasteiger partial charge in [-0.2, -0.15) is 0 Å². The number of benzene rings is 1. The maximum atomic E-state index is 11.5. The molecule has 130 valence electrons. The van der Waals surface area contributed by atoms with Crippen LogP contribution in [0, 0.1) is 5.92 Å². The topological polar surface area (TPSA) is 57.5 Å². The summed E-state index contributed by atoms with van der Waals surface area (Å²) in [6, 6.07) is 8.31. The Labute approximate surface area is 144 Å². The Kier molecular flexibility index (Phi) is 6.00. The molecule has 2 unspecified atom stereocenters. The van der Waals surface area contributed by atoms with Crippen LogP contribution in [0.2, 0.25) is 0 Å². The quantitative estimate of drug-likeness (QED) is 0.757. The Morgan fingerprint density at radius 3 is 2.62 bits per heavy atom. The highest BCUT2D eigenvalue weighted by Crippen LogP contribution is 2.37. The number of hydrogen-bond acceptors (Lipinski definition) is 2. The van der Waals surface area contributed by atoms with Crippen LogP contribution >= 0.6 is 0 Å². The minimum absolute atomic E-state index is 0.422. The lowest BCUT2D eigenvalue weighted by atomic mass is 9.77. The molecule has 1 aliphatic carbocycles. The molecular weight excluding hydrogens is 300 g/mol. The number of aliphatic carboxylic acids is 1. The number of unbranched alkanes of at least 4 members (excludes halogenated alkanes) is 1. The zero-order valence-electron chi connectivity index (χ0n) is 14.8. The Balaban J connectivity index is 2.38. The maximum absolute atomic E-state index is 11.5. The summed E-state index contributed by atoms with van der Waals surface area (Å²) < 4.78 is 0. The summed E-state index contributed by atoms with van der Waals surface area (Å²) in [6.07, 6.45) is 9.20. The van der Waals surface area contributed by atoms with Crippen molar-refractivity contribution in [3.8, 4) is 0 Å². The first-order chi connectivity index (χ1) is 11.4. The molecule has 0 bridgehead atoms. The zero-order chi connectivity index (χ0) is 17.7. The van der Waals surface area contributed by atoms with Crippen molar-refractivity contribution in [3.05, 3.63) is 53.6 Å². The maximum Gasteiger partial charge on any atom is 0.340 e. The monoisotopic (exact) mass is 328 g/mol. The van der Waals surface area contributed by atoms with Crippen molar-refractivity contribution in [2.24, 2.45) is 5.92 Å². The Bertz CT molecular complexity index is 644. The minimum atomic E-state index is -1.80. The third-order valence-corrected chi connectivity index (χ3v) is 5.04. The average Bonchev–Trinajstić information content (AvgIpc) is 2.60. The van der Waals surface area contributed by atoms with Gasteiger partial charge >= 0.3 is 5.97 Å². The smallest absolute Gasteiger partial charge is 0.340 e. The molecule has 0 radical (unpaired) electrons. The van der Waals surface area contributed by atoms with Gasteiger partial charge in [0.15, 0.2) is 5.60 Å². The normalized spacial score (nSPS) is 24.5. The standard InChI is InChI=1S/C21H28O3/c1-4-6-9-15(3)18-10-7-8-11-19(18)16-12-13-21(24,20(22)23)17(5-2)14-16/h7-8,10-15,17,24H,4-6,9H2,1-3H3,(H,22,23)/t15?,17-,21?/m1/s1. The van der Waals surface area contributed by atoms with Gasteiger partial charge < -0.3 is 10.2 Å². The van der Waals surface area contributed by atoms with E-state index in [0.717, 1.165) is 17.6 Å². The summed E-state index contributed by atoms with van der Waals surface area (Å²) >= 11 is 0. The highest BCUT2D eigenvalue weighted by atomic mass is 16.4. The number of rotatable bonds is 7. The van der Waals surface area contributed by atoms with Crippen LogP contribution < -0.4 is 0 Å². The van der Waals surface area contributed by atoms with Crippen LogP contribution in [0.25, 0.3) is 5.57 Å². The third kappa shape index (κ3) is 3.62. The van der Waals surface area contributed by atoms with Crippen molar-refractivity contribution in [2.45, 2.75) is 58.0 Å². The van der Waals surface area contributed by atoms with Gasteiger partial charge in [0.2, 0.25) is 0 Å². The molecule has 0 fully saturated rings. The first-order valence-electron chi connectivity index (χ1n) is 8.90. The summed E-state index contributed by atoms with van der Waals surface area (Å²) in [4.78, 5) is 11.5. The SMILES string of the molecule is CCCCC(C)c1ccccc1C1=C[C@@H](CC)C(O)(C(=O)O)C=C1. The molecule has 1 aromatic carbocycles. The molecule has 0 amide bonds. The molecule has 0 saturated heterocycles. The number of carboxylic acid groups (broad SMARTS) is 1. The van der Waals surface area contributed by atoms with Crippen LogP contribution in [0.5, 0.6) is 0 Å². The van der Waals surface area contributed by atoms with Crippen LogP contribution in [-0.4, -0.2) is 21.8 Å². The second-order valence-electron chi connectivity index (χ2n) is 6.73. The van der Waals surface area contributed by atoms with Crippen molar-refractivity contribution in [1.29, 1.82) is 0 Å². The molecule has 0 saturated carbocycles. The van der Waals surface area contributed by atoms with Gasteiger partial charge in [-0.1, -0.05) is 70.0 Å². The Morgan fingerprint density at radius 1 is 1.29 bits per heavy atom. The predicted molar refractivity (Wildman–Crippen MR) is 97.9 cm³/mol. The number of hydrogen-bond donors (Lipinski definition) is 2. The van der Waals surface area contributed by atoms with E-state index >= 15 is 0 Å². The van der Waals surface area contributed by atoms with Gasteiger partial charge in [0.1, 0.15) is 0 Å². The molecule has 24 heavy (non-hydrogen) atoms. The Hall–Kier alpha value is -1.87. The lowest BCUT2D eigenvalue weighted by molar-refractivity contribution is -0.156. The molecule has 3 atom stereocenters. The molecule has 1 aliphatic rings. The van der Waals surface area contributed by atoms with E-state index in [-0.39, 0.29) is 0 Å². The van der Waals surface area contributed by atoms with Crippen molar-refractivity contribution in [3.63, 3.8) is 0 Å². The molecule has 0 aromatic heterocycles. The summed E-state index contributed by atoms with van der Waals surface area (Å²) in [7, 11) is 0. The molecular formula is C21H28O3. The number of carboxylic acids is 1. The molecule has 2 N–H and O–H groups in total. The van der Waals surface area contributed by atoms with Crippen molar-refractivity contribution in [1.82, 2.24) is 0 Å². The predicted octanol–water partition coefficient (Wildman–Crippen LogP) is 4.78. The van der Waals surface area contributed by atoms with Gasteiger partial charge in [-0.25, -0.2) is 4.79 Å². The molecule has 2 rings (SSSR count). The van der Waals surface area contributed by atoms with Crippen molar-refractivity contribution in [2.75, 3.05) is 0 Å². The van der Waals surface area contributed by atoms with Crippen molar-refractivity contribution < 1.29 is 15.0 Å². The van der Waals surface area contributed by atoms with E-state index in [4.69, 9.17) is 0 Å². The molecule has 0 aliphatic heterocycles. The zero-order valence-corrected chi connectivity index (χ0v) is 14.8. The summed E-state index contributed by atoms with van der Waals surface area (Å²) in [6.45, 7) is 6.34. The van der Waals surface area contributed by atoms with Gasteiger partial charge in [0, 0.05) is 5.92 Å². The number of carbonyl (C=O) groups is 1. The summed E-state index contributed by atoms with van der Waals surface area (Å²) in [5.41, 5.74) is 1.63. The fourth-order valence-electron chi connectivity index (χ4n) is 3.43. The van der Waals surface area contributed by atoms with E-state index in [1.54, 1.807) is 6.08 Å². The fraction of sp³-hybridized carbons (Fsp3) is 0.476. The van der Waals surface area contributed by atoms with Gasteiger partial charge in [0.25, 0.3) is 0 Å². The number of allylic oxidation sites excluding steroid dienone is 2. The minimum Gasteiger partial charge on any atom is -0.479 e. The second-order valence-corrected chi connectivity index (χ2v) is 6.73. The van der Waals surface area contributed by atoms with Gasteiger partial charge in [0.05, 0.1) is 0 Å². The molecule has 0 spiro atoms. The average molecular weight is 328 g/mol. The highest BCUT2D eigenvalue weighted by molar-refractivity contribution is 5.86. The fourth-order valence-corrected chi connectivity index (χ4v) is 3.43.